The van der Waals surface area contributed by atoms with Crippen molar-refractivity contribution in [2.75, 3.05) is 25.1 Å². The maximum absolute atomic E-state index is 12.2. The fourth-order valence-electron chi connectivity index (χ4n) is 4.88. The van der Waals surface area contributed by atoms with Gasteiger partial charge in [-0.1, -0.05) is 6.58 Å². The molecule has 0 aromatic carbocycles. The molecule has 2 aromatic heterocycles. The van der Waals surface area contributed by atoms with Crippen LogP contribution in [0, 0.1) is 5.92 Å². The molecule has 7 heteroatoms. The van der Waals surface area contributed by atoms with E-state index in [-0.39, 0.29) is 11.9 Å². The smallest absolute Gasteiger partial charge is 0.246 e. The minimum Gasteiger partial charge on any atom is -0.381 e. The predicted molar refractivity (Wildman–Crippen MR) is 103 cm³/mol. The van der Waals surface area contributed by atoms with E-state index in [1.54, 1.807) is 6.33 Å². The van der Waals surface area contributed by atoms with Crippen molar-refractivity contribution in [2.24, 2.45) is 5.92 Å². The summed E-state index contributed by atoms with van der Waals surface area (Å²) >= 11 is 0. The van der Waals surface area contributed by atoms with Crippen LogP contribution in [0.1, 0.15) is 37.2 Å². The van der Waals surface area contributed by atoms with Gasteiger partial charge in [0.1, 0.15) is 17.8 Å². The second-order valence-corrected chi connectivity index (χ2v) is 7.91. The average Bonchev–Trinajstić information content (AvgIpc) is 3.12. The molecule has 1 saturated carbocycles. The van der Waals surface area contributed by atoms with Gasteiger partial charge in [0.25, 0.3) is 0 Å². The van der Waals surface area contributed by atoms with Crippen molar-refractivity contribution in [3.8, 4) is 0 Å². The minimum atomic E-state index is 0.0299. The van der Waals surface area contributed by atoms with Crippen LogP contribution in [0.5, 0.6) is 0 Å². The highest BCUT2D eigenvalue weighted by atomic mass is 16.5. The van der Waals surface area contributed by atoms with Crippen molar-refractivity contribution >= 4 is 22.8 Å². The van der Waals surface area contributed by atoms with Crippen molar-refractivity contribution < 1.29 is 9.53 Å². The molecule has 142 valence electrons. The molecular weight excluding hydrogens is 342 g/mol. The number of ether oxygens (including phenoxy) is 1. The first kappa shape index (κ1) is 16.7. The van der Waals surface area contributed by atoms with E-state index in [0.717, 1.165) is 55.7 Å². The maximum atomic E-state index is 12.2. The number of aromatic nitrogens is 3. The van der Waals surface area contributed by atoms with Gasteiger partial charge in [0.2, 0.25) is 5.91 Å². The third-order valence-corrected chi connectivity index (χ3v) is 6.49. The van der Waals surface area contributed by atoms with Crippen molar-refractivity contribution in [3.63, 3.8) is 0 Å². The molecule has 6 rings (SSSR count). The summed E-state index contributed by atoms with van der Waals surface area (Å²) in [5, 5.41) is 4.75. The lowest BCUT2D eigenvalue weighted by molar-refractivity contribution is -0.135. The summed E-state index contributed by atoms with van der Waals surface area (Å²) in [6.45, 7) is 5.97. The van der Waals surface area contributed by atoms with Gasteiger partial charge in [0, 0.05) is 38.0 Å². The third kappa shape index (κ3) is 2.81. The Balaban J connectivity index is 1.44. The van der Waals surface area contributed by atoms with E-state index in [0.29, 0.717) is 24.4 Å². The van der Waals surface area contributed by atoms with E-state index >= 15 is 0 Å². The zero-order chi connectivity index (χ0) is 18.4. The van der Waals surface area contributed by atoms with Crippen molar-refractivity contribution in [1.82, 2.24) is 19.9 Å². The van der Waals surface area contributed by atoms with Gasteiger partial charge in [0.15, 0.2) is 0 Å². The number of nitrogens with zero attached hydrogens (tertiary/aromatic N) is 3. The van der Waals surface area contributed by atoms with Crippen LogP contribution < -0.4 is 5.32 Å². The number of nitrogens with one attached hydrogen (secondary N) is 2. The van der Waals surface area contributed by atoms with Gasteiger partial charge in [-0.2, -0.15) is 0 Å². The first-order chi connectivity index (χ1) is 13.2. The number of anilines is 1. The van der Waals surface area contributed by atoms with Crippen LogP contribution in [-0.2, 0) is 9.53 Å². The molecule has 3 aliphatic heterocycles. The van der Waals surface area contributed by atoms with E-state index in [2.05, 4.69) is 33.0 Å². The number of aromatic amines is 1. The summed E-state index contributed by atoms with van der Waals surface area (Å²) < 4.78 is 5.52. The third-order valence-electron chi connectivity index (χ3n) is 6.49. The molecule has 1 aliphatic carbocycles. The monoisotopic (exact) mass is 367 g/mol. The van der Waals surface area contributed by atoms with Gasteiger partial charge in [-0.15, -0.1) is 0 Å². The highest BCUT2D eigenvalue weighted by molar-refractivity contribution is 5.91. The minimum absolute atomic E-state index is 0.0299. The quantitative estimate of drug-likeness (QED) is 0.811. The van der Waals surface area contributed by atoms with Gasteiger partial charge in [-0.25, -0.2) is 9.97 Å². The number of carbonyl (C=O) groups excluding carboxylic acids is 1. The zero-order valence-corrected chi connectivity index (χ0v) is 15.4. The zero-order valence-electron chi connectivity index (χ0n) is 15.4. The number of H-pyrrole nitrogens is 1. The number of carbonyl (C=O) groups is 1. The molecular formula is C20H25N5O2. The van der Waals surface area contributed by atoms with E-state index in [1.807, 2.05) is 4.90 Å². The molecule has 0 radical (unpaired) electrons. The van der Waals surface area contributed by atoms with Crippen molar-refractivity contribution in [1.29, 1.82) is 0 Å². The summed E-state index contributed by atoms with van der Waals surface area (Å²) in [5.41, 5.74) is 2.15. The maximum Gasteiger partial charge on any atom is 0.246 e. The SMILES string of the molecule is C=CC(=O)N1CC(Nc2ncnc3[nH]cc(C4CCOCC4)c23)C2CC1C2. The van der Waals surface area contributed by atoms with E-state index in [9.17, 15) is 4.79 Å². The molecule has 1 atom stereocenters. The van der Waals surface area contributed by atoms with Crippen LogP contribution in [0.4, 0.5) is 5.82 Å². The van der Waals surface area contributed by atoms with Gasteiger partial charge in [-0.3, -0.25) is 4.79 Å². The summed E-state index contributed by atoms with van der Waals surface area (Å²) in [6.07, 6.45) is 9.28. The molecule has 1 amide bonds. The Labute approximate surface area is 158 Å². The summed E-state index contributed by atoms with van der Waals surface area (Å²) in [4.78, 5) is 26.4. The lowest BCUT2D eigenvalue weighted by Gasteiger charge is -2.53. The first-order valence-corrected chi connectivity index (χ1v) is 9.84. The number of piperidine rings is 2. The molecule has 2 aromatic rings. The van der Waals surface area contributed by atoms with E-state index in [4.69, 9.17) is 4.74 Å². The Morgan fingerprint density at radius 2 is 2.15 bits per heavy atom. The molecule has 2 N–H and O–H groups in total. The Hall–Kier alpha value is -2.41. The molecule has 5 heterocycles. The highest BCUT2D eigenvalue weighted by Gasteiger charge is 2.46. The van der Waals surface area contributed by atoms with E-state index in [1.165, 1.54) is 11.6 Å². The average molecular weight is 367 g/mol. The lowest BCUT2D eigenvalue weighted by atomic mass is 9.70. The predicted octanol–water partition coefficient (Wildman–Crippen LogP) is 2.44. The van der Waals surface area contributed by atoms with E-state index < -0.39 is 0 Å². The highest BCUT2D eigenvalue weighted by Crippen LogP contribution is 2.42. The van der Waals surface area contributed by atoms with Gasteiger partial charge in [0.05, 0.1) is 5.39 Å². The van der Waals surface area contributed by atoms with Crippen LogP contribution in [0.15, 0.2) is 25.2 Å². The lowest BCUT2D eigenvalue weighted by Crippen LogP contribution is -2.62. The number of amides is 1. The normalized spacial score (nSPS) is 28.0. The molecule has 0 spiro atoms. The van der Waals surface area contributed by atoms with Gasteiger partial charge in [-0.05, 0) is 49.2 Å². The fraction of sp³-hybridized carbons (Fsp3) is 0.550. The molecule has 3 saturated heterocycles. The molecule has 4 fully saturated rings. The Bertz CT molecular complexity index is 866. The molecule has 4 aliphatic rings. The van der Waals surface area contributed by atoms with Gasteiger partial charge >= 0.3 is 0 Å². The number of hydrogen-bond acceptors (Lipinski definition) is 5. The number of fused-ring (bicyclic) bond motifs is 3. The largest absolute Gasteiger partial charge is 0.381 e. The molecule has 1 unspecified atom stereocenters. The van der Waals surface area contributed by atoms with Crippen molar-refractivity contribution in [3.05, 3.63) is 30.7 Å². The Morgan fingerprint density at radius 1 is 1.33 bits per heavy atom. The molecule has 2 bridgehead atoms. The van der Waals surface area contributed by atoms with Crippen LogP contribution in [0.25, 0.3) is 11.0 Å². The standard InChI is InChI=1S/C20H25N5O2/c1-2-17(26)25-10-16(13-7-14(25)8-13)24-20-18-15(12-3-5-27-6-4-12)9-21-19(18)22-11-23-20/h2,9,11-14,16H,1,3-8,10H2,(H2,21,22,23,24). The van der Waals surface area contributed by atoms with Crippen LogP contribution in [-0.4, -0.2) is 57.6 Å². The number of hydrogen-bond donors (Lipinski definition) is 2. The Morgan fingerprint density at radius 3 is 2.93 bits per heavy atom. The van der Waals surface area contributed by atoms with Crippen molar-refractivity contribution in [2.45, 2.75) is 43.7 Å². The van der Waals surface area contributed by atoms with Crippen LogP contribution in [0.2, 0.25) is 0 Å². The van der Waals surface area contributed by atoms with Crippen LogP contribution >= 0.6 is 0 Å². The summed E-state index contributed by atoms with van der Waals surface area (Å²) in [5.74, 6) is 1.98. The second-order valence-electron chi connectivity index (χ2n) is 7.91. The molecule has 27 heavy (non-hydrogen) atoms. The van der Waals surface area contributed by atoms with Gasteiger partial charge < -0.3 is 19.9 Å². The fourth-order valence-corrected chi connectivity index (χ4v) is 4.88. The topological polar surface area (TPSA) is 83.1 Å². The van der Waals surface area contributed by atoms with Crippen LogP contribution in [0.3, 0.4) is 0 Å². The number of rotatable bonds is 4. The Kier molecular flexibility index (Phi) is 4.11. The summed E-state index contributed by atoms with van der Waals surface area (Å²) in [7, 11) is 0. The molecule has 7 nitrogen and oxygen atoms in total. The first-order valence-electron chi connectivity index (χ1n) is 9.84. The second kappa shape index (κ2) is 6.64. The summed E-state index contributed by atoms with van der Waals surface area (Å²) in [6, 6.07) is 0.600.